The van der Waals surface area contributed by atoms with Crippen LogP contribution < -0.4 is 5.32 Å². The average molecular weight is 270 g/mol. The largest absolute Gasteiger partial charge is 0.466 e. The minimum atomic E-state index is -0.251. The lowest BCUT2D eigenvalue weighted by molar-refractivity contribution is 0.516. The predicted octanol–water partition coefficient (Wildman–Crippen LogP) is 3.79. The lowest BCUT2D eigenvalue weighted by Gasteiger charge is -2.04. The number of halogens is 2. The predicted molar refractivity (Wildman–Crippen MR) is 60.1 cm³/mol. The van der Waals surface area contributed by atoms with Gasteiger partial charge in [-0.05, 0) is 40.2 Å². The summed E-state index contributed by atoms with van der Waals surface area (Å²) in [4.78, 5) is 0. The SMILES string of the molecule is Fc1cccc(NCc2occc2Br)c1. The third-order valence-corrected chi connectivity index (χ3v) is 2.68. The van der Waals surface area contributed by atoms with E-state index in [-0.39, 0.29) is 5.82 Å². The quantitative estimate of drug-likeness (QED) is 0.917. The molecule has 0 atom stereocenters. The lowest BCUT2D eigenvalue weighted by atomic mass is 10.3. The van der Waals surface area contributed by atoms with Gasteiger partial charge in [-0.2, -0.15) is 0 Å². The van der Waals surface area contributed by atoms with Gasteiger partial charge in [-0.25, -0.2) is 4.39 Å². The van der Waals surface area contributed by atoms with Gasteiger partial charge in [0.2, 0.25) is 0 Å². The molecule has 0 saturated heterocycles. The Kier molecular flexibility index (Phi) is 3.06. The highest BCUT2D eigenvalue weighted by Crippen LogP contribution is 2.19. The second-order valence-electron chi connectivity index (χ2n) is 3.06. The van der Waals surface area contributed by atoms with Crippen molar-refractivity contribution in [3.05, 3.63) is 52.6 Å². The summed E-state index contributed by atoms with van der Waals surface area (Å²) in [6.45, 7) is 0.525. The molecule has 2 aromatic rings. The fraction of sp³-hybridized carbons (Fsp3) is 0.0909. The maximum atomic E-state index is 12.8. The summed E-state index contributed by atoms with van der Waals surface area (Å²) in [5, 5.41) is 3.06. The van der Waals surface area contributed by atoms with Gasteiger partial charge in [-0.1, -0.05) is 6.07 Å². The number of hydrogen-bond acceptors (Lipinski definition) is 2. The molecule has 0 aliphatic heterocycles. The second-order valence-corrected chi connectivity index (χ2v) is 3.91. The molecule has 0 spiro atoms. The van der Waals surface area contributed by atoms with Crippen LogP contribution in [-0.2, 0) is 6.54 Å². The zero-order chi connectivity index (χ0) is 10.7. The lowest BCUT2D eigenvalue weighted by Crippen LogP contribution is -1.98. The molecule has 0 amide bonds. The van der Waals surface area contributed by atoms with Crippen LogP contribution in [0.2, 0.25) is 0 Å². The Morgan fingerprint density at radius 2 is 2.20 bits per heavy atom. The van der Waals surface area contributed by atoms with Crippen LogP contribution in [0.3, 0.4) is 0 Å². The Bertz CT molecular complexity index is 455. The standard InChI is InChI=1S/C11H9BrFNO/c12-10-4-5-15-11(10)7-14-9-3-1-2-8(13)6-9/h1-6,14H,7H2. The molecule has 1 heterocycles. The van der Waals surface area contributed by atoms with Gasteiger partial charge in [0.1, 0.15) is 11.6 Å². The van der Waals surface area contributed by atoms with Crippen molar-refractivity contribution in [2.75, 3.05) is 5.32 Å². The molecular formula is C11H9BrFNO. The van der Waals surface area contributed by atoms with E-state index >= 15 is 0 Å². The van der Waals surface area contributed by atoms with Gasteiger partial charge in [-0.3, -0.25) is 0 Å². The van der Waals surface area contributed by atoms with E-state index in [1.807, 2.05) is 6.07 Å². The van der Waals surface area contributed by atoms with E-state index in [0.29, 0.717) is 6.54 Å². The first-order valence-corrected chi connectivity index (χ1v) is 5.26. The molecule has 0 aliphatic rings. The number of benzene rings is 1. The number of anilines is 1. The zero-order valence-electron chi connectivity index (χ0n) is 7.84. The van der Waals surface area contributed by atoms with Gasteiger partial charge in [0.05, 0.1) is 17.3 Å². The van der Waals surface area contributed by atoms with Crippen LogP contribution in [0.4, 0.5) is 10.1 Å². The van der Waals surface area contributed by atoms with E-state index < -0.39 is 0 Å². The highest BCUT2D eigenvalue weighted by atomic mass is 79.9. The Morgan fingerprint density at radius 1 is 1.33 bits per heavy atom. The van der Waals surface area contributed by atoms with Crippen LogP contribution in [0.1, 0.15) is 5.76 Å². The summed E-state index contributed by atoms with van der Waals surface area (Å²) in [7, 11) is 0. The zero-order valence-corrected chi connectivity index (χ0v) is 9.42. The molecule has 0 bridgehead atoms. The summed E-state index contributed by atoms with van der Waals surface area (Å²) < 4.78 is 19.0. The first-order valence-electron chi connectivity index (χ1n) is 4.47. The average Bonchev–Trinajstić information content (AvgIpc) is 2.61. The molecule has 0 fully saturated rings. The van der Waals surface area contributed by atoms with Crippen LogP contribution in [0.5, 0.6) is 0 Å². The Morgan fingerprint density at radius 3 is 2.87 bits per heavy atom. The van der Waals surface area contributed by atoms with E-state index in [1.165, 1.54) is 12.1 Å². The third-order valence-electron chi connectivity index (χ3n) is 1.97. The van der Waals surface area contributed by atoms with E-state index in [1.54, 1.807) is 18.4 Å². The second kappa shape index (κ2) is 4.49. The van der Waals surface area contributed by atoms with E-state index in [4.69, 9.17) is 4.42 Å². The van der Waals surface area contributed by atoms with Crippen molar-refractivity contribution in [2.24, 2.45) is 0 Å². The van der Waals surface area contributed by atoms with Crippen molar-refractivity contribution in [2.45, 2.75) is 6.54 Å². The van der Waals surface area contributed by atoms with Crippen LogP contribution in [0.25, 0.3) is 0 Å². The van der Waals surface area contributed by atoms with E-state index in [2.05, 4.69) is 21.2 Å². The minimum absolute atomic E-state index is 0.251. The van der Waals surface area contributed by atoms with Crippen molar-refractivity contribution >= 4 is 21.6 Å². The molecule has 0 unspecified atom stereocenters. The summed E-state index contributed by atoms with van der Waals surface area (Å²) in [5.41, 5.74) is 0.735. The monoisotopic (exact) mass is 269 g/mol. The molecular weight excluding hydrogens is 261 g/mol. The van der Waals surface area contributed by atoms with Gasteiger partial charge in [-0.15, -0.1) is 0 Å². The fourth-order valence-corrected chi connectivity index (χ4v) is 1.57. The summed E-state index contributed by atoms with van der Waals surface area (Å²) in [6.07, 6.45) is 1.60. The van der Waals surface area contributed by atoms with E-state index in [9.17, 15) is 4.39 Å². The number of rotatable bonds is 3. The van der Waals surface area contributed by atoms with E-state index in [0.717, 1.165) is 15.9 Å². The number of furan rings is 1. The van der Waals surface area contributed by atoms with Crippen LogP contribution in [0, 0.1) is 5.82 Å². The summed E-state index contributed by atoms with van der Waals surface area (Å²) in [5.74, 6) is 0.540. The third kappa shape index (κ3) is 2.59. The van der Waals surface area contributed by atoms with Gasteiger partial charge < -0.3 is 9.73 Å². The van der Waals surface area contributed by atoms with Crippen molar-refractivity contribution in [3.63, 3.8) is 0 Å². The summed E-state index contributed by atoms with van der Waals surface area (Å²) >= 11 is 3.35. The summed E-state index contributed by atoms with van der Waals surface area (Å²) in [6, 6.07) is 8.14. The molecule has 1 N–H and O–H groups in total. The normalized spacial score (nSPS) is 10.3. The van der Waals surface area contributed by atoms with Gasteiger partial charge in [0.15, 0.2) is 0 Å². The van der Waals surface area contributed by atoms with Crippen molar-refractivity contribution in [1.29, 1.82) is 0 Å². The molecule has 2 rings (SSSR count). The molecule has 15 heavy (non-hydrogen) atoms. The van der Waals surface area contributed by atoms with Crippen molar-refractivity contribution in [1.82, 2.24) is 0 Å². The Labute approximate surface area is 95.2 Å². The molecule has 4 heteroatoms. The molecule has 1 aromatic heterocycles. The number of hydrogen-bond donors (Lipinski definition) is 1. The first kappa shape index (κ1) is 10.2. The Balaban J connectivity index is 2.02. The first-order chi connectivity index (χ1) is 7.25. The van der Waals surface area contributed by atoms with Crippen molar-refractivity contribution in [3.8, 4) is 0 Å². The van der Waals surface area contributed by atoms with Gasteiger partial charge >= 0.3 is 0 Å². The fourth-order valence-electron chi connectivity index (χ4n) is 1.23. The molecule has 0 radical (unpaired) electrons. The van der Waals surface area contributed by atoms with Crippen molar-refractivity contribution < 1.29 is 8.81 Å². The number of nitrogens with one attached hydrogen (secondary N) is 1. The molecule has 0 saturated carbocycles. The molecule has 0 aliphatic carbocycles. The van der Waals surface area contributed by atoms with Gasteiger partial charge in [0, 0.05) is 5.69 Å². The topological polar surface area (TPSA) is 25.2 Å². The highest BCUT2D eigenvalue weighted by Gasteiger charge is 2.02. The smallest absolute Gasteiger partial charge is 0.136 e. The molecule has 78 valence electrons. The molecule has 1 aromatic carbocycles. The maximum absolute atomic E-state index is 12.8. The van der Waals surface area contributed by atoms with Crippen LogP contribution in [0.15, 0.2) is 45.5 Å². The maximum Gasteiger partial charge on any atom is 0.136 e. The van der Waals surface area contributed by atoms with Crippen LogP contribution in [-0.4, -0.2) is 0 Å². The minimum Gasteiger partial charge on any atom is -0.466 e. The Hall–Kier alpha value is -1.29. The molecule has 2 nitrogen and oxygen atoms in total. The highest BCUT2D eigenvalue weighted by molar-refractivity contribution is 9.10. The van der Waals surface area contributed by atoms with Crippen LogP contribution >= 0.6 is 15.9 Å². The van der Waals surface area contributed by atoms with Gasteiger partial charge in [0.25, 0.3) is 0 Å².